The molecule has 0 bridgehead atoms. The number of benzene rings is 2. The molecule has 144 valence electrons. The number of hydrogen-bond donors (Lipinski definition) is 1. The molecule has 0 aliphatic rings. The van der Waals surface area contributed by atoms with Crippen molar-refractivity contribution in [2.24, 2.45) is 5.73 Å². The molecule has 0 heterocycles. The van der Waals surface area contributed by atoms with Gasteiger partial charge in [0.2, 0.25) is 0 Å². The fourth-order valence-electron chi connectivity index (χ4n) is 2.24. The normalized spacial score (nSPS) is 11.0. The number of rotatable bonds is 7. The van der Waals surface area contributed by atoms with Gasteiger partial charge in [0.15, 0.2) is 6.61 Å². The van der Waals surface area contributed by atoms with Crippen LogP contribution in [0, 0.1) is 0 Å². The van der Waals surface area contributed by atoms with Crippen LogP contribution < -0.4 is 15.2 Å². The molecule has 0 radical (unpaired) electrons. The van der Waals surface area contributed by atoms with Gasteiger partial charge in [-0.25, -0.2) is 0 Å². The maximum Gasteiger partial charge on any atom is 0.573 e. The Bertz CT molecular complexity index is 807. The average molecular weight is 382 g/mol. The molecule has 0 aliphatic heterocycles. The standard InChI is InChI=1S/C18H17F3N2O4/c1-23(10-12-5-7-14(8-6-12)27-18(19,20)21)17(25)13-3-2-4-15(9-13)26-11-16(22)24/h2-9H,10-11H2,1H3,(H2,22,24). The minimum atomic E-state index is -4.75. The van der Waals surface area contributed by atoms with Crippen LogP contribution in [0.5, 0.6) is 11.5 Å². The van der Waals surface area contributed by atoms with Gasteiger partial charge in [-0.15, -0.1) is 13.2 Å². The highest BCUT2D eigenvalue weighted by molar-refractivity contribution is 5.94. The van der Waals surface area contributed by atoms with E-state index in [9.17, 15) is 22.8 Å². The molecular weight excluding hydrogens is 365 g/mol. The molecule has 2 N–H and O–H groups in total. The van der Waals surface area contributed by atoms with E-state index in [0.29, 0.717) is 16.9 Å². The van der Waals surface area contributed by atoms with Gasteiger partial charge in [-0.1, -0.05) is 18.2 Å². The number of nitrogens with zero attached hydrogens (tertiary/aromatic N) is 1. The summed E-state index contributed by atoms with van der Waals surface area (Å²) >= 11 is 0. The number of amides is 2. The lowest BCUT2D eigenvalue weighted by Gasteiger charge is -2.18. The minimum Gasteiger partial charge on any atom is -0.484 e. The van der Waals surface area contributed by atoms with Gasteiger partial charge < -0.3 is 20.1 Å². The third-order valence-corrected chi connectivity index (χ3v) is 3.39. The van der Waals surface area contributed by atoms with Crippen molar-refractivity contribution in [2.45, 2.75) is 12.9 Å². The first-order valence-electron chi connectivity index (χ1n) is 7.75. The number of carbonyl (C=O) groups excluding carboxylic acids is 2. The largest absolute Gasteiger partial charge is 0.573 e. The Morgan fingerprint density at radius 1 is 1.07 bits per heavy atom. The molecule has 27 heavy (non-hydrogen) atoms. The Kier molecular flexibility index (Phi) is 6.27. The molecule has 0 fully saturated rings. The lowest BCUT2D eigenvalue weighted by Crippen LogP contribution is -2.26. The number of carbonyl (C=O) groups is 2. The molecule has 2 rings (SSSR count). The van der Waals surface area contributed by atoms with Crippen LogP contribution in [0.1, 0.15) is 15.9 Å². The van der Waals surface area contributed by atoms with Crippen LogP contribution >= 0.6 is 0 Å². The van der Waals surface area contributed by atoms with E-state index in [1.807, 2.05) is 0 Å². The SMILES string of the molecule is CN(Cc1ccc(OC(F)(F)F)cc1)C(=O)c1cccc(OCC(N)=O)c1. The Balaban J connectivity index is 2.01. The van der Waals surface area contributed by atoms with Crippen molar-refractivity contribution in [1.82, 2.24) is 4.90 Å². The number of primary amides is 1. The van der Waals surface area contributed by atoms with E-state index in [0.717, 1.165) is 0 Å². The number of halogens is 3. The predicted molar refractivity (Wildman–Crippen MR) is 90.1 cm³/mol. The van der Waals surface area contributed by atoms with Gasteiger partial charge in [0.1, 0.15) is 11.5 Å². The molecule has 9 heteroatoms. The lowest BCUT2D eigenvalue weighted by atomic mass is 10.1. The second kappa shape index (κ2) is 8.43. The summed E-state index contributed by atoms with van der Waals surface area (Å²) in [6, 6.07) is 11.5. The third-order valence-electron chi connectivity index (χ3n) is 3.39. The molecule has 2 aromatic carbocycles. The zero-order chi connectivity index (χ0) is 20.0. The molecule has 0 spiro atoms. The van der Waals surface area contributed by atoms with Gasteiger partial charge in [0, 0.05) is 19.2 Å². The van der Waals surface area contributed by atoms with Crippen LogP contribution in [0.2, 0.25) is 0 Å². The Morgan fingerprint density at radius 3 is 2.33 bits per heavy atom. The number of alkyl halides is 3. The van der Waals surface area contributed by atoms with Crippen LogP contribution in [0.4, 0.5) is 13.2 Å². The molecule has 2 aromatic rings. The van der Waals surface area contributed by atoms with Gasteiger partial charge in [-0.05, 0) is 35.9 Å². The van der Waals surface area contributed by atoms with E-state index in [1.54, 1.807) is 25.2 Å². The monoisotopic (exact) mass is 382 g/mol. The van der Waals surface area contributed by atoms with Crippen molar-refractivity contribution in [3.05, 3.63) is 59.7 Å². The smallest absolute Gasteiger partial charge is 0.484 e. The van der Waals surface area contributed by atoms with Crippen LogP contribution in [-0.4, -0.2) is 36.7 Å². The molecule has 2 amide bonds. The summed E-state index contributed by atoms with van der Waals surface area (Å²) in [7, 11) is 1.55. The van der Waals surface area contributed by atoms with Crippen molar-refractivity contribution in [3.8, 4) is 11.5 Å². The zero-order valence-electron chi connectivity index (χ0n) is 14.3. The molecule has 0 saturated carbocycles. The molecule has 0 aliphatic carbocycles. The highest BCUT2D eigenvalue weighted by atomic mass is 19.4. The average Bonchev–Trinajstić information content (AvgIpc) is 2.60. The summed E-state index contributed by atoms with van der Waals surface area (Å²) in [6.07, 6.45) is -4.75. The molecular formula is C18H17F3N2O4. The maximum absolute atomic E-state index is 12.5. The summed E-state index contributed by atoms with van der Waals surface area (Å²) in [5.41, 5.74) is 5.96. The molecule has 0 aromatic heterocycles. The molecule has 0 atom stereocenters. The van der Waals surface area contributed by atoms with Crippen molar-refractivity contribution in [3.63, 3.8) is 0 Å². The maximum atomic E-state index is 12.5. The van der Waals surface area contributed by atoms with E-state index in [2.05, 4.69) is 4.74 Å². The summed E-state index contributed by atoms with van der Waals surface area (Å²) in [4.78, 5) is 24.6. The van der Waals surface area contributed by atoms with Gasteiger partial charge in [0.25, 0.3) is 11.8 Å². The highest BCUT2D eigenvalue weighted by Crippen LogP contribution is 2.23. The van der Waals surface area contributed by atoms with Gasteiger partial charge in [-0.2, -0.15) is 0 Å². The van der Waals surface area contributed by atoms with E-state index in [1.165, 1.54) is 35.2 Å². The lowest BCUT2D eigenvalue weighted by molar-refractivity contribution is -0.274. The zero-order valence-corrected chi connectivity index (χ0v) is 14.3. The number of ether oxygens (including phenoxy) is 2. The van der Waals surface area contributed by atoms with E-state index in [4.69, 9.17) is 10.5 Å². The first-order valence-corrected chi connectivity index (χ1v) is 7.75. The van der Waals surface area contributed by atoms with Crippen molar-refractivity contribution >= 4 is 11.8 Å². The van der Waals surface area contributed by atoms with Crippen LogP contribution in [0.3, 0.4) is 0 Å². The fourth-order valence-corrected chi connectivity index (χ4v) is 2.24. The van der Waals surface area contributed by atoms with Crippen molar-refractivity contribution < 1.29 is 32.2 Å². The number of hydrogen-bond acceptors (Lipinski definition) is 4. The van der Waals surface area contributed by atoms with Crippen LogP contribution in [-0.2, 0) is 11.3 Å². The van der Waals surface area contributed by atoms with Crippen LogP contribution in [0.25, 0.3) is 0 Å². The highest BCUT2D eigenvalue weighted by Gasteiger charge is 2.30. The van der Waals surface area contributed by atoms with E-state index in [-0.39, 0.29) is 24.8 Å². The summed E-state index contributed by atoms with van der Waals surface area (Å²) in [6.45, 7) is -0.128. The Morgan fingerprint density at radius 2 is 1.74 bits per heavy atom. The Hall–Kier alpha value is -3.23. The first kappa shape index (κ1) is 20.1. The summed E-state index contributed by atoms with van der Waals surface area (Å²) in [5, 5.41) is 0. The summed E-state index contributed by atoms with van der Waals surface area (Å²) < 4.78 is 45.5. The predicted octanol–water partition coefficient (Wildman–Crippen LogP) is 2.72. The van der Waals surface area contributed by atoms with Gasteiger partial charge >= 0.3 is 6.36 Å². The van der Waals surface area contributed by atoms with Gasteiger partial charge in [-0.3, -0.25) is 9.59 Å². The topological polar surface area (TPSA) is 81.9 Å². The molecule has 6 nitrogen and oxygen atoms in total. The molecule has 0 unspecified atom stereocenters. The second-order valence-electron chi connectivity index (χ2n) is 5.64. The van der Waals surface area contributed by atoms with Gasteiger partial charge in [0.05, 0.1) is 0 Å². The Labute approximate surface area is 153 Å². The number of nitrogens with two attached hydrogens (primary N) is 1. The second-order valence-corrected chi connectivity index (χ2v) is 5.64. The third kappa shape index (κ3) is 6.53. The molecule has 0 saturated heterocycles. The van der Waals surface area contributed by atoms with Crippen molar-refractivity contribution in [2.75, 3.05) is 13.7 Å². The first-order chi connectivity index (χ1) is 12.6. The quantitative estimate of drug-likeness (QED) is 0.798. The minimum absolute atomic E-state index is 0.178. The van der Waals surface area contributed by atoms with Crippen LogP contribution in [0.15, 0.2) is 48.5 Å². The fraction of sp³-hybridized carbons (Fsp3) is 0.222. The van der Waals surface area contributed by atoms with E-state index < -0.39 is 12.3 Å². The van der Waals surface area contributed by atoms with E-state index >= 15 is 0 Å². The summed E-state index contributed by atoms with van der Waals surface area (Å²) in [5.74, 6) is -0.974. The van der Waals surface area contributed by atoms with Crippen molar-refractivity contribution in [1.29, 1.82) is 0 Å².